The number of rotatable bonds is 17. The van der Waals surface area contributed by atoms with Crippen molar-refractivity contribution in [3.8, 4) is 5.75 Å². The minimum absolute atomic E-state index is 0.0564. The van der Waals surface area contributed by atoms with Crippen molar-refractivity contribution in [1.29, 1.82) is 0 Å². The van der Waals surface area contributed by atoms with Crippen LogP contribution in [0.1, 0.15) is 82.8 Å². The van der Waals surface area contributed by atoms with E-state index in [9.17, 15) is 9.90 Å². The minimum Gasteiger partial charge on any atom is -0.504 e. The number of unbranched alkanes of at least 4 members (excludes halogenated alkanes) is 5. The Bertz CT molecular complexity index is 584. The standard InChI is InChI=1S/C24H41NO6/c1-28-23(27)13-7-3-2-5-11-20(19-31-24-14-8-10-17-30-24)25-16-9-4-6-12-22-21(26)15-18-29-22/h15,18,20,24-26H,2-14,16-17,19H2,1H3. The summed E-state index contributed by atoms with van der Waals surface area (Å²) in [5.41, 5.74) is 0. The van der Waals surface area contributed by atoms with Crippen molar-refractivity contribution in [2.45, 2.75) is 95.8 Å². The van der Waals surface area contributed by atoms with Crippen LogP contribution in [0.4, 0.5) is 0 Å². The average molecular weight is 440 g/mol. The fourth-order valence-electron chi connectivity index (χ4n) is 3.84. The van der Waals surface area contributed by atoms with Crippen LogP contribution in [0.2, 0.25) is 0 Å². The minimum atomic E-state index is -0.123. The zero-order valence-corrected chi connectivity index (χ0v) is 19.1. The predicted molar refractivity (Wildman–Crippen MR) is 119 cm³/mol. The Morgan fingerprint density at radius 2 is 2.03 bits per heavy atom. The van der Waals surface area contributed by atoms with Crippen LogP contribution in [-0.2, 0) is 25.4 Å². The molecule has 1 saturated heterocycles. The van der Waals surface area contributed by atoms with Gasteiger partial charge in [-0.2, -0.15) is 0 Å². The number of esters is 1. The molecule has 31 heavy (non-hydrogen) atoms. The molecular formula is C24H41NO6. The maximum atomic E-state index is 11.2. The van der Waals surface area contributed by atoms with Crippen molar-refractivity contribution in [3.05, 3.63) is 18.1 Å². The number of methoxy groups -OCH3 is 1. The largest absolute Gasteiger partial charge is 0.504 e. The van der Waals surface area contributed by atoms with Gasteiger partial charge in [-0.25, -0.2) is 0 Å². The van der Waals surface area contributed by atoms with E-state index in [1.165, 1.54) is 19.8 Å². The first-order chi connectivity index (χ1) is 15.2. The lowest BCUT2D eigenvalue weighted by molar-refractivity contribution is -0.166. The molecule has 1 aromatic heterocycles. The van der Waals surface area contributed by atoms with Crippen LogP contribution >= 0.6 is 0 Å². The highest BCUT2D eigenvalue weighted by atomic mass is 16.7. The van der Waals surface area contributed by atoms with Crippen LogP contribution in [0.15, 0.2) is 16.7 Å². The monoisotopic (exact) mass is 439 g/mol. The molecule has 1 aromatic rings. The van der Waals surface area contributed by atoms with Crippen molar-refractivity contribution in [1.82, 2.24) is 5.32 Å². The Morgan fingerprint density at radius 3 is 2.77 bits per heavy atom. The molecule has 1 aliphatic heterocycles. The summed E-state index contributed by atoms with van der Waals surface area (Å²) in [4.78, 5) is 11.2. The quantitative estimate of drug-likeness (QED) is 0.268. The van der Waals surface area contributed by atoms with Gasteiger partial charge in [-0.05, 0) is 51.5 Å². The van der Waals surface area contributed by atoms with Gasteiger partial charge in [0.05, 0.1) is 20.0 Å². The molecule has 0 radical (unpaired) electrons. The molecule has 0 bridgehead atoms. The Labute approximate surface area is 186 Å². The first kappa shape index (κ1) is 25.7. The van der Waals surface area contributed by atoms with Gasteiger partial charge in [0.15, 0.2) is 12.0 Å². The number of nitrogens with one attached hydrogen (secondary N) is 1. The van der Waals surface area contributed by atoms with E-state index in [1.54, 1.807) is 6.07 Å². The SMILES string of the molecule is COC(=O)CCCCCCC(COC1CCCCO1)NCCCCCc1occc1O. The summed E-state index contributed by atoms with van der Waals surface area (Å²) in [6, 6.07) is 1.91. The molecule has 2 atom stereocenters. The molecule has 2 N–H and O–H groups in total. The molecule has 1 fully saturated rings. The third-order valence-corrected chi connectivity index (χ3v) is 5.77. The molecule has 0 aromatic carbocycles. The van der Waals surface area contributed by atoms with E-state index in [1.807, 2.05) is 0 Å². The Hall–Kier alpha value is -1.57. The Balaban J connectivity index is 1.59. The Kier molecular flexibility index (Phi) is 13.4. The molecule has 1 aliphatic rings. The molecule has 2 rings (SSSR count). The third kappa shape index (κ3) is 11.6. The second kappa shape index (κ2) is 16.1. The fraction of sp³-hybridized carbons (Fsp3) is 0.792. The van der Waals surface area contributed by atoms with E-state index in [-0.39, 0.29) is 18.0 Å². The van der Waals surface area contributed by atoms with Crippen molar-refractivity contribution >= 4 is 5.97 Å². The molecule has 7 nitrogen and oxygen atoms in total. The zero-order chi connectivity index (χ0) is 22.2. The van der Waals surface area contributed by atoms with E-state index in [0.717, 1.165) is 83.8 Å². The summed E-state index contributed by atoms with van der Waals surface area (Å²) >= 11 is 0. The van der Waals surface area contributed by atoms with Gasteiger partial charge in [-0.15, -0.1) is 0 Å². The molecular weight excluding hydrogens is 398 g/mol. The molecule has 7 heteroatoms. The number of hydrogen-bond acceptors (Lipinski definition) is 7. The number of aromatic hydroxyl groups is 1. The number of carbonyl (C=O) groups is 1. The smallest absolute Gasteiger partial charge is 0.305 e. The van der Waals surface area contributed by atoms with Crippen molar-refractivity contribution in [3.63, 3.8) is 0 Å². The lowest BCUT2D eigenvalue weighted by Gasteiger charge is -2.26. The summed E-state index contributed by atoms with van der Waals surface area (Å²) in [6.07, 6.45) is 14.4. The maximum absolute atomic E-state index is 11.2. The average Bonchev–Trinajstić information content (AvgIpc) is 3.21. The molecule has 2 heterocycles. The Morgan fingerprint density at radius 1 is 1.19 bits per heavy atom. The molecule has 0 saturated carbocycles. The summed E-state index contributed by atoms with van der Waals surface area (Å²) in [5.74, 6) is 0.813. The summed E-state index contributed by atoms with van der Waals surface area (Å²) < 4.78 is 21.7. The van der Waals surface area contributed by atoms with Gasteiger partial charge in [0, 0.05) is 31.6 Å². The number of aryl methyl sites for hydroxylation is 1. The summed E-state index contributed by atoms with van der Waals surface area (Å²) in [5, 5.41) is 13.3. The van der Waals surface area contributed by atoms with Crippen LogP contribution in [0, 0.1) is 0 Å². The van der Waals surface area contributed by atoms with Gasteiger partial charge >= 0.3 is 5.97 Å². The lowest BCUT2D eigenvalue weighted by atomic mass is 10.1. The van der Waals surface area contributed by atoms with E-state index >= 15 is 0 Å². The van der Waals surface area contributed by atoms with Gasteiger partial charge in [-0.1, -0.05) is 25.7 Å². The molecule has 0 aliphatic carbocycles. The fourth-order valence-corrected chi connectivity index (χ4v) is 3.84. The highest BCUT2D eigenvalue weighted by molar-refractivity contribution is 5.68. The van der Waals surface area contributed by atoms with E-state index in [4.69, 9.17) is 13.9 Å². The highest BCUT2D eigenvalue weighted by Crippen LogP contribution is 2.20. The topological polar surface area (TPSA) is 90.2 Å². The van der Waals surface area contributed by atoms with Crippen LogP contribution in [0.5, 0.6) is 5.75 Å². The van der Waals surface area contributed by atoms with E-state index in [0.29, 0.717) is 24.8 Å². The molecule has 178 valence electrons. The lowest BCUT2D eigenvalue weighted by Crippen LogP contribution is -2.36. The zero-order valence-electron chi connectivity index (χ0n) is 19.1. The predicted octanol–water partition coefficient (Wildman–Crippen LogP) is 4.71. The van der Waals surface area contributed by atoms with Crippen LogP contribution in [-0.4, -0.2) is 50.3 Å². The van der Waals surface area contributed by atoms with E-state index in [2.05, 4.69) is 10.1 Å². The van der Waals surface area contributed by atoms with Crippen molar-refractivity contribution < 1.29 is 28.5 Å². The normalized spacial score (nSPS) is 17.5. The van der Waals surface area contributed by atoms with Crippen LogP contribution in [0.3, 0.4) is 0 Å². The molecule has 2 unspecified atom stereocenters. The van der Waals surface area contributed by atoms with Crippen LogP contribution in [0.25, 0.3) is 0 Å². The highest BCUT2D eigenvalue weighted by Gasteiger charge is 2.17. The van der Waals surface area contributed by atoms with Crippen molar-refractivity contribution in [2.75, 3.05) is 26.9 Å². The number of ether oxygens (including phenoxy) is 3. The second-order valence-electron chi connectivity index (χ2n) is 8.35. The first-order valence-corrected chi connectivity index (χ1v) is 12.0. The summed E-state index contributed by atoms with van der Waals surface area (Å²) in [7, 11) is 1.44. The van der Waals surface area contributed by atoms with Crippen LogP contribution < -0.4 is 5.32 Å². The maximum Gasteiger partial charge on any atom is 0.305 e. The number of carbonyl (C=O) groups excluding carboxylic acids is 1. The number of furan rings is 1. The van der Waals surface area contributed by atoms with Crippen molar-refractivity contribution in [2.24, 2.45) is 0 Å². The first-order valence-electron chi connectivity index (χ1n) is 12.0. The molecule has 0 amide bonds. The summed E-state index contributed by atoms with van der Waals surface area (Å²) in [6.45, 7) is 2.42. The van der Waals surface area contributed by atoms with Gasteiger partial charge in [0.2, 0.25) is 0 Å². The molecule has 0 spiro atoms. The van der Waals surface area contributed by atoms with Gasteiger partial charge < -0.3 is 29.1 Å². The third-order valence-electron chi connectivity index (χ3n) is 5.77. The van der Waals surface area contributed by atoms with E-state index < -0.39 is 0 Å². The van der Waals surface area contributed by atoms with Gasteiger partial charge in [0.25, 0.3) is 0 Å². The second-order valence-corrected chi connectivity index (χ2v) is 8.35. The van der Waals surface area contributed by atoms with Gasteiger partial charge in [0.1, 0.15) is 5.76 Å². The number of hydrogen-bond donors (Lipinski definition) is 2. The van der Waals surface area contributed by atoms with Gasteiger partial charge in [-0.3, -0.25) is 4.79 Å².